The lowest BCUT2D eigenvalue weighted by Gasteiger charge is -2.18. The number of aryl methyl sites for hydroxylation is 1. The van der Waals surface area contributed by atoms with Crippen LogP contribution >= 0.6 is 0 Å². The Labute approximate surface area is 143 Å². The Kier molecular flexibility index (Phi) is 4.74. The summed E-state index contributed by atoms with van der Waals surface area (Å²) in [5, 5.41) is 15.5. The molecule has 0 saturated heterocycles. The summed E-state index contributed by atoms with van der Waals surface area (Å²) in [5.41, 5.74) is 2.71. The molecule has 1 fully saturated rings. The van der Waals surface area contributed by atoms with Crippen LogP contribution in [-0.2, 0) is 6.54 Å². The average Bonchev–Trinajstić information content (AvgIpc) is 3.06. The van der Waals surface area contributed by atoms with Gasteiger partial charge in [0.15, 0.2) is 5.75 Å². The van der Waals surface area contributed by atoms with Crippen molar-refractivity contribution in [2.45, 2.75) is 58.9 Å². The summed E-state index contributed by atoms with van der Waals surface area (Å²) in [6.07, 6.45) is 4.39. The molecule has 4 heteroatoms. The molecule has 0 spiro atoms. The second kappa shape index (κ2) is 6.80. The second-order valence-electron chi connectivity index (χ2n) is 7.29. The molecule has 0 aliphatic heterocycles. The van der Waals surface area contributed by atoms with Gasteiger partial charge in [-0.3, -0.25) is 4.79 Å². The molecular formula is C20H26N2O2. The molecule has 1 N–H and O–H groups in total. The minimum absolute atomic E-state index is 0.0845. The average molecular weight is 326 g/mol. The van der Waals surface area contributed by atoms with E-state index in [1.807, 2.05) is 31.2 Å². The van der Waals surface area contributed by atoms with Crippen molar-refractivity contribution in [3.8, 4) is 16.9 Å². The molecular weight excluding hydrogens is 300 g/mol. The third kappa shape index (κ3) is 3.10. The molecule has 1 aromatic heterocycles. The van der Waals surface area contributed by atoms with E-state index in [4.69, 9.17) is 0 Å². The van der Waals surface area contributed by atoms with E-state index in [0.29, 0.717) is 23.7 Å². The Hall–Kier alpha value is -2.10. The van der Waals surface area contributed by atoms with Crippen LogP contribution in [0.5, 0.6) is 5.75 Å². The van der Waals surface area contributed by atoms with Crippen LogP contribution < -0.4 is 5.56 Å². The summed E-state index contributed by atoms with van der Waals surface area (Å²) in [5.74, 6) is 0.661. The number of hydrogen-bond acceptors (Lipinski definition) is 3. The first-order valence-electron chi connectivity index (χ1n) is 8.89. The first-order valence-corrected chi connectivity index (χ1v) is 8.89. The maximum Gasteiger partial charge on any atom is 0.278 e. The van der Waals surface area contributed by atoms with Gasteiger partial charge in [0.2, 0.25) is 0 Å². The molecule has 2 aromatic rings. The van der Waals surface area contributed by atoms with Gasteiger partial charge in [0.25, 0.3) is 5.56 Å². The number of benzene rings is 1. The van der Waals surface area contributed by atoms with Crippen molar-refractivity contribution < 1.29 is 5.11 Å². The molecule has 1 aliphatic carbocycles. The highest BCUT2D eigenvalue weighted by Crippen LogP contribution is 2.40. The molecule has 0 radical (unpaired) electrons. The van der Waals surface area contributed by atoms with Crippen LogP contribution in [0.3, 0.4) is 0 Å². The topological polar surface area (TPSA) is 55.1 Å². The summed E-state index contributed by atoms with van der Waals surface area (Å²) >= 11 is 0. The molecule has 3 rings (SSSR count). The third-order valence-corrected chi connectivity index (χ3v) is 4.85. The molecule has 4 nitrogen and oxygen atoms in total. The fraction of sp³-hybridized carbons (Fsp3) is 0.500. The lowest BCUT2D eigenvalue weighted by molar-refractivity contribution is 0.416. The number of nitrogens with zero attached hydrogens (tertiary/aromatic N) is 2. The Morgan fingerprint density at radius 1 is 1.25 bits per heavy atom. The Morgan fingerprint density at radius 3 is 2.54 bits per heavy atom. The van der Waals surface area contributed by atoms with Gasteiger partial charge in [0.1, 0.15) is 5.69 Å². The number of aromatic nitrogens is 2. The fourth-order valence-corrected chi connectivity index (χ4v) is 3.62. The smallest absolute Gasteiger partial charge is 0.278 e. The second-order valence-corrected chi connectivity index (χ2v) is 7.29. The normalized spacial score (nSPS) is 15.3. The Morgan fingerprint density at radius 2 is 1.92 bits per heavy atom. The van der Waals surface area contributed by atoms with Gasteiger partial charge < -0.3 is 5.11 Å². The van der Waals surface area contributed by atoms with E-state index in [2.05, 4.69) is 18.9 Å². The van der Waals surface area contributed by atoms with Crippen LogP contribution in [0, 0.1) is 12.8 Å². The lowest BCUT2D eigenvalue weighted by Crippen LogP contribution is -2.28. The highest BCUT2D eigenvalue weighted by molar-refractivity contribution is 5.73. The van der Waals surface area contributed by atoms with Crippen molar-refractivity contribution in [3.05, 3.63) is 45.9 Å². The van der Waals surface area contributed by atoms with E-state index in [1.54, 1.807) is 4.68 Å². The van der Waals surface area contributed by atoms with Crippen LogP contribution in [0.2, 0.25) is 0 Å². The van der Waals surface area contributed by atoms with Gasteiger partial charge in [-0.2, -0.15) is 5.10 Å². The fourth-order valence-electron chi connectivity index (χ4n) is 3.62. The van der Waals surface area contributed by atoms with Gasteiger partial charge in [-0.15, -0.1) is 0 Å². The van der Waals surface area contributed by atoms with E-state index in [9.17, 15) is 9.90 Å². The Bertz CT molecular complexity index is 787. The van der Waals surface area contributed by atoms with Crippen molar-refractivity contribution in [1.29, 1.82) is 0 Å². The molecule has 1 saturated carbocycles. The van der Waals surface area contributed by atoms with Crippen molar-refractivity contribution in [1.82, 2.24) is 9.78 Å². The van der Waals surface area contributed by atoms with Crippen molar-refractivity contribution in [3.63, 3.8) is 0 Å². The third-order valence-electron chi connectivity index (χ3n) is 4.85. The minimum Gasteiger partial charge on any atom is -0.505 e. The number of rotatable bonds is 4. The van der Waals surface area contributed by atoms with Crippen molar-refractivity contribution in [2.24, 2.45) is 5.92 Å². The van der Waals surface area contributed by atoms with E-state index in [-0.39, 0.29) is 17.2 Å². The van der Waals surface area contributed by atoms with E-state index >= 15 is 0 Å². The molecule has 24 heavy (non-hydrogen) atoms. The number of hydrogen-bond donors (Lipinski definition) is 1. The van der Waals surface area contributed by atoms with Gasteiger partial charge in [-0.1, -0.05) is 51.0 Å². The highest BCUT2D eigenvalue weighted by atomic mass is 16.3. The van der Waals surface area contributed by atoms with Gasteiger partial charge in [-0.25, -0.2) is 4.68 Å². The standard InChI is InChI=1S/C20H26N2O2/c1-13(2)12-22-20(24)17(16-11-7-4-8-14(16)3)19(23)18(21-22)15-9-5-6-10-15/h4,7-8,11,13,15,23H,5-6,9-10,12H2,1-3H3. The van der Waals surface area contributed by atoms with E-state index < -0.39 is 0 Å². The van der Waals surface area contributed by atoms with Crippen LogP contribution in [0.15, 0.2) is 29.1 Å². The van der Waals surface area contributed by atoms with Crippen LogP contribution in [-0.4, -0.2) is 14.9 Å². The molecule has 1 aromatic carbocycles. The van der Waals surface area contributed by atoms with Gasteiger partial charge in [0.05, 0.1) is 5.56 Å². The summed E-state index contributed by atoms with van der Waals surface area (Å²) in [4.78, 5) is 13.0. The number of aromatic hydroxyl groups is 1. The van der Waals surface area contributed by atoms with Crippen LogP contribution in [0.4, 0.5) is 0 Å². The Balaban J connectivity index is 2.24. The molecule has 0 unspecified atom stereocenters. The predicted octanol–water partition coefficient (Wildman–Crippen LogP) is 4.24. The summed E-state index contributed by atoms with van der Waals surface area (Å²) in [6, 6.07) is 7.73. The molecule has 1 aliphatic rings. The summed E-state index contributed by atoms with van der Waals surface area (Å²) in [7, 11) is 0. The molecule has 1 heterocycles. The molecule has 0 atom stereocenters. The zero-order chi connectivity index (χ0) is 17.3. The monoisotopic (exact) mass is 326 g/mol. The summed E-state index contributed by atoms with van der Waals surface area (Å²) in [6.45, 7) is 6.68. The van der Waals surface area contributed by atoms with Crippen LogP contribution in [0.1, 0.15) is 56.7 Å². The van der Waals surface area contributed by atoms with Gasteiger partial charge in [-0.05, 0) is 36.8 Å². The van der Waals surface area contributed by atoms with E-state index in [0.717, 1.165) is 36.8 Å². The maximum absolute atomic E-state index is 13.0. The lowest BCUT2D eigenvalue weighted by atomic mass is 9.96. The first kappa shape index (κ1) is 16.7. The van der Waals surface area contributed by atoms with Gasteiger partial charge >= 0.3 is 0 Å². The zero-order valence-electron chi connectivity index (χ0n) is 14.7. The minimum atomic E-state index is -0.197. The maximum atomic E-state index is 13.0. The van der Waals surface area contributed by atoms with Crippen LogP contribution in [0.25, 0.3) is 11.1 Å². The van der Waals surface area contributed by atoms with Gasteiger partial charge in [0, 0.05) is 12.5 Å². The quantitative estimate of drug-likeness (QED) is 0.914. The summed E-state index contributed by atoms with van der Waals surface area (Å²) < 4.78 is 1.56. The molecule has 0 bridgehead atoms. The molecule has 0 amide bonds. The van der Waals surface area contributed by atoms with Crippen molar-refractivity contribution >= 4 is 0 Å². The highest BCUT2D eigenvalue weighted by Gasteiger charge is 2.27. The van der Waals surface area contributed by atoms with E-state index in [1.165, 1.54) is 0 Å². The van der Waals surface area contributed by atoms with Crippen molar-refractivity contribution in [2.75, 3.05) is 0 Å². The first-order chi connectivity index (χ1) is 11.5. The predicted molar refractivity (Wildman–Crippen MR) is 96.4 cm³/mol. The largest absolute Gasteiger partial charge is 0.505 e. The SMILES string of the molecule is Cc1ccccc1-c1c(O)c(C2CCCC2)nn(CC(C)C)c1=O. The zero-order valence-corrected chi connectivity index (χ0v) is 14.7. The molecule has 128 valence electrons.